The molecule has 0 fully saturated rings. The van der Waals surface area contributed by atoms with Crippen molar-refractivity contribution in [2.75, 3.05) is 0 Å². The first-order valence-electron chi connectivity index (χ1n) is 2.74. The van der Waals surface area contributed by atoms with Crippen LogP contribution in [0.2, 0.25) is 0 Å². The SMILES string of the molecule is NC(CCC(=O)O)C(=O)O.[CaH2].[NaH]. The fraction of sp³-hybridized carbons (Fsp3) is 0.600. The number of carbonyl (C=O) groups is 2. The fourth-order valence-electron chi connectivity index (χ4n) is 0.402. The van der Waals surface area contributed by atoms with Crippen LogP contribution in [-0.2, 0) is 9.59 Å². The van der Waals surface area contributed by atoms with Gasteiger partial charge in [0.1, 0.15) is 6.04 Å². The maximum absolute atomic E-state index is 9.99. The minimum absolute atomic E-state index is 0. The van der Waals surface area contributed by atoms with Gasteiger partial charge < -0.3 is 15.9 Å². The Labute approximate surface area is 122 Å². The summed E-state index contributed by atoms with van der Waals surface area (Å²) >= 11 is 0. The molecule has 0 aliphatic carbocycles. The quantitative estimate of drug-likeness (QED) is 0.456. The molecule has 4 N–H and O–H groups in total. The van der Waals surface area contributed by atoms with Gasteiger partial charge in [0.15, 0.2) is 0 Å². The Morgan fingerprint density at radius 1 is 1.33 bits per heavy atom. The Hall–Kier alpha value is 1.16. The summed E-state index contributed by atoms with van der Waals surface area (Å²) in [6.07, 6.45) is -0.224. The van der Waals surface area contributed by atoms with E-state index in [2.05, 4.69) is 0 Å². The molecule has 7 heteroatoms. The Morgan fingerprint density at radius 2 is 1.75 bits per heavy atom. The number of hydrogen-bond donors (Lipinski definition) is 3. The molecular formula is C5H12CaNNaO4. The molecule has 0 amide bonds. The topological polar surface area (TPSA) is 101 Å². The molecule has 64 valence electrons. The second kappa shape index (κ2) is 10.2. The summed E-state index contributed by atoms with van der Waals surface area (Å²) in [5, 5.41) is 16.3. The summed E-state index contributed by atoms with van der Waals surface area (Å²) in [4.78, 5) is 19.9. The molecule has 0 radical (unpaired) electrons. The predicted octanol–water partition coefficient (Wildman–Crippen LogP) is -2.30. The van der Waals surface area contributed by atoms with E-state index in [0.717, 1.165) is 0 Å². The van der Waals surface area contributed by atoms with Crippen LogP contribution in [0.5, 0.6) is 0 Å². The van der Waals surface area contributed by atoms with Crippen LogP contribution in [0.4, 0.5) is 0 Å². The van der Waals surface area contributed by atoms with Crippen LogP contribution in [0.25, 0.3) is 0 Å². The maximum atomic E-state index is 9.99. The van der Waals surface area contributed by atoms with E-state index in [1.54, 1.807) is 0 Å². The molecule has 0 aromatic heterocycles. The summed E-state index contributed by atoms with van der Waals surface area (Å²) in [6, 6.07) is -1.06. The molecule has 1 unspecified atom stereocenters. The van der Waals surface area contributed by atoms with Crippen molar-refractivity contribution in [3.05, 3.63) is 0 Å². The van der Waals surface area contributed by atoms with Crippen LogP contribution in [0, 0.1) is 0 Å². The number of hydrogen-bond acceptors (Lipinski definition) is 3. The Balaban J connectivity index is -0.000000405. The van der Waals surface area contributed by atoms with Gasteiger partial charge in [0.2, 0.25) is 0 Å². The summed E-state index contributed by atoms with van der Waals surface area (Å²) < 4.78 is 0. The summed E-state index contributed by atoms with van der Waals surface area (Å²) in [5.41, 5.74) is 5.00. The number of carboxylic acids is 2. The summed E-state index contributed by atoms with van der Waals surface area (Å²) in [5.74, 6) is -2.20. The van der Waals surface area contributed by atoms with Crippen LogP contribution >= 0.6 is 0 Å². The third-order valence-corrected chi connectivity index (χ3v) is 0.986. The molecule has 1 atom stereocenters. The van der Waals surface area contributed by atoms with Gasteiger partial charge in [0.05, 0.1) is 0 Å². The van der Waals surface area contributed by atoms with E-state index >= 15 is 0 Å². The van der Waals surface area contributed by atoms with Crippen LogP contribution in [0.15, 0.2) is 0 Å². The minimum atomic E-state index is -1.17. The van der Waals surface area contributed by atoms with Crippen LogP contribution in [0.3, 0.4) is 0 Å². The molecule has 12 heavy (non-hydrogen) atoms. The third kappa shape index (κ3) is 11.2. The first-order valence-corrected chi connectivity index (χ1v) is 2.74. The Morgan fingerprint density at radius 3 is 2.00 bits per heavy atom. The van der Waals surface area contributed by atoms with Crippen molar-refractivity contribution in [3.63, 3.8) is 0 Å². The molecule has 0 aromatic carbocycles. The average molecular weight is 213 g/mol. The monoisotopic (exact) mass is 213 g/mol. The first-order chi connectivity index (χ1) is 4.54. The van der Waals surface area contributed by atoms with Crippen LogP contribution in [-0.4, -0.2) is 95.5 Å². The Bertz CT molecular complexity index is 154. The molecule has 0 spiro atoms. The van der Waals surface area contributed by atoms with E-state index in [9.17, 15) is 9.59 Å². The van der Waals surface area contributed by atoms with Crippen molar-refractivity contribution in [1.82, 2.24) is 0 Å². The third-order valence-electron chi connectivity index (χ3n) is 0.986. The summed E-state index contributed by atoms with van der Waals surface area (Å²) in [6.45, 7) is 0. The molecule has 5 nitrogen and oxygen atoms in total. The summed E-state index contributed by atoms with van der Waals surface area (Å²) in [7, 11) is 0. The molecule has 0 rings (SSSR count). The van der Waals surface area contributed by atoms with Crippen LogP contribution < -0.4 is 5.73 Å². The van der Waals surface area contributed by atoms with Gasteiger partial charge in [-0.3, -0.25) is 9.59 Å². The van der Waals surface area contributed by atoms with E-state index in [1.807, 2.05) is 0 Å². The molecule has 0 aliphatic heterocycles. The van der Waals surface area contributed by atoms with Crippen molar-refractivity contribution < 1.29 is 19.8 Å². The molecule has 0 bridgehead atoms. The molecular weight excluding hydrogens is 201 g/mol. The van der Waals surface area contributed by atoms with Gasteiger partial charge in [-0.1, -0.05) is 0 Å². The van der Waals surface area contributed by atoms with Crippen molar-refractivity contribution >= 4 is 79.2 Å². The zero-order valence-electron chi connectivity index (χ0n) is 5.28. The number of nitrogens with two attached hydrogens (primary N) is 1. The van der Waals surface area contributed by atoms with Gasteiger partial charge in [0, 0.05) is 6.42 Å². The zero-order valence-corrected chi connectivity index (χ0v) is 5.28. The van der Waals surface area contributed by atoms with Crippen molar-refractivity contribution in [2.45, 2.75) is 18.9 Å². The molecule has 0 aromatic rings. The molecule has 0 heterocycles. The zero-order chi connectivity index (χ0) is 8.15. The van der Waals surface area contributed by atoms with Gasteiger partial charge in [-0.15, -0.1) is 0 Å². The van der Waals surface area contributed by atoms with Gasteiger partial charge in [-0.25, -0.2) is 0 Å². The average Bonchev–Trinajstić information content (AvgIpc) is 1.82. The first kappa shape index (κ1) is 18.9. The van der Waals surface area contributed by atoms with E-state index in [4.69, 9.17) is 15.9 Å². The normalized spacial score (nSPS) is 10.4. The predicted molar refractivity (Wildman–Crippen MR) is 48.2 cm³/mol. The molecule has 0 saturated heterocycles. The second-order valence-corrected chi connectivity index (χ2v) is 1.88. The van der Waals surface area contributed by atoms with Gasteiger partial charge >= 0.3 is 79.2 Å². The van der Waals surface area contributed by atoms with Crippen molar-refractivity contribution in [3.8, 4) is 0 Å². The molecule has 0 aliphatic rings. The van der Waals surface area contributed by atoms with Gasteiger partial charge in [0.25, 0.3) is 0 Å². The van der Waals surface area contributed by atoms with E-state index in [1.165, 1.54) is 0 Å². The van der Waals surface area contributed by atoms with Gasteiger partial charge in [-0.05, 0) is 6.42 Å². The standard InChI is InChI=1S/C5H9NO4.Ca.Na.3H/c6-3(5(9)10)1-2-4(7)8;;;;;/h3H,1-2,6H2,(H,7,8)(H,9,10);;;;;. The molecule has 0 saturated carbocycles. The van der Waals surface area contributed by atoms with E-state index in [-0.39, 0.29) is 80.1 Å². The van der Waals surface area contributed by atoms with E-state index in [0.29, 0.717) is 0 Å². The Kier molecular flexibility index (Phi) is 16.1. The fourth-order valence-corrected chi connectivity index (χ4v) is 0.402. The van der Waals surface area contributed by atoms with Crippen LogP contribution in [0.1, 0.15) is 12.8 Å². The van der Waals surface area contributed by atoms with Crippen molar-refractivity contribution in [1.29, 1.82) is 0 Å². The second-order valence-electron chi connectivity index (χ2n) is 1.88. The number of carboxylic acid groups (broad SMARTS) is 2. The van der Waals surface area contributed by atoms with Gasteiger partial charge in [-0.2, -0.15) is 0 Å². The number of rotatable bonds is 4. The van der Waals surface area contributed by atoms with Crippen molar-refractivity contribution in [2.24, 2.45) is 5.73 Å². The number of aliphatic carboxylic acids is 2. The van der Waals surface area contributed by atoms with E-state index < -0.39 is 18.0 Å².